The van der Waals surface area contributed by atoms with Gasteiger partial charge in [-0.15, -0.1) is 0 Å². The van der Waals surface area contributed by atoms with Crippen LogP contribution in [0.5, 0.6) is 0 Å². The molecule has 0 aliphatic rings. The number of rotatable bonds is 6. The minimum absolute atomic E-state index is 0.195. The van der Waals surface area contributed by atoms with Gasteiger partial charge < -0.3 is 0 Å². The number of allylic oxidation sites excluding steroid dienone is 2. The summed E-state index contributed by atoms with van der Waals surface area (Å²) in [5, 5.41) is 2.92. The van der Waals surface area contributed by atoms with Crippen molar-refractivity contribution in [3.8, 4) is 0 Å². The van der Waals surface area contributed by atoms with Crippen LogP contribution in [0.15, 0.2) is 102 Å². The molecule has 0 nitrogen and oxygen atoms in total. The Balaban J connectivity index is 1.96. The molecule has 138 valence electrons. The normalized spacial score (nSPS) is 12.4. The molecule has 0 amide bonds. The molecule has 0 saturated carbocycles. The SMILES string of the molecule is CC(C)(C)/C=C(/CP(c1ccccc1)c1ccccc1)[Se]c1ccccc1. The van der Waals surface area contributed by atoms with Crippen LogP contribution in [0.1, 0.15) is 20.8 Å². The van der Waals surface area contributed by atoms with Gasteiger partial charge in [0.1, 0.15) is 0 Å². The molecule has 0 fully saturated rings. The van der Waals surface area contributed by atoms with Crippen LogP contribution in [0.4, 0.5) is 0 Å². The van der Waals surface area contributed by atoms with Crippen molar-refractivity contribution in [3.05, 3.63) is 102 Å². The number of hydrogen-bond acceptors (Lipinski definition) is 0. The standard InChI is InChI=1S/C25H27PSe/c1-25(2,3)19-24(27-23-17-11-6-12-18-23)20-26(21-13-7-4-8-14-21)22-15-9-5-10-16-22/h4-19H,20H2,1-3H3/b24-19-. The van der Waals surface area contributed by atoms with Crippen LogP contribution in [0.25, 0.3) is 0 Å². The van der Waals surface area contributed by atoms with E-state index in [1.54, 1.807) is 4.47 Å². The minimum atomic E-state index is -0.392. The first-order valence-corrected chi connectivity index (χ1v) is 12.6. The summed E-state index contributed by atoms with van der Waals surface area (Å²) < 4.78 is 3.05. The van der Waals surface area contributed by atoms with Gasteiger partial charge in [-0.3, -0.25) is 0 Å². The van der Waals surface area contributed by atoms with E-state index in [9.17, 15) is 0 Å². The van der Waals surface area contributed by atoms with E-state index >= 15 is 0 Å². The van der Waals surface area contributed by atoms with Gasteiger partial charge in [-0.2, -0.15) is 0 Å². The predicted molar refractivity (Wildman–Crippen MR) is 123 cm³/mol. The predicted octanol–water partition coefficient (Wildman–Crippen LogP) is 5.08. The molecule has 0 aliphatic heterocycles. The van der Waals surface area contributed by atoms with Crippen molar-refractivity contribution in [2.75, 3.05) is 6.16 Å². The fraction of sp³-hybridized carbons (Fsp3) is 0.200. The second kappa shape index (κ2) is 9.52. The Morgan fingerprint density at radius 2 is 1.19 bits per heavy atom. The van der Waals surface area contributed by atoms with Crippen molar-refractivity contribution in [1.82, 2.24) is 0 Å². The summed E-state index contributed by atoms with van der Waals surface area (Å²) in [7, 11) is -0.392. The van der Waals surface area contributed by atoms with E-state index in [2.05, 4.69) is 118 Å². The topological polar surface area (TPSA) is 0 Å². The molecule has 0 heterocycles. The molecule has 0 radical (unpaired) electrons. The van der Waals surface area contributed by atoms with Crippen molar-refractivity contribution in [1.29, 1.82) is 0 Å². The third kappa shape index (κ3) is 6.47. The molecule has 27 heavy (non-hydrogen) atoms. The molecule has 0 spiro atoms. The van der Waals surface area contributed by atoms with Crippen LogP contribution in [-0.2, 0) is 0 Å². The molecule has 0 bridgehead atoms. The molecule has 3 aromatic carbocycles. The Kier molecular flexibility index (Phi) is 7.08. The Labute approximate surface area is 171 Å². The second-order valence-corrected chi connectivity index (χ2v) is 12.4. The fourth-order valence-corrected chi connectivity index (χ4v) is 8.46. The van der Waals surface area contributed by atoms with Crippen LogP contribution in [-0.4, -0.2) is 21.1 Å². The van der Waals surface area contributed by atoms with E-state index < -0.39 is 7.92 Å². The van der Waals surface area contributed by atoms with E-state index in [1.165, 1.54) is 15.1 Å². The molecule has 3 aromatic rings. The van der Waals surface area contributed by atoms with Crippen LogP contribution in [0.3, 0.4) is 0 Å². The van der Waals surface area contributed by atoms with Gasteiger partial charge in [0.15, 0.2) is 0 Å². The van der Waals surface area contributed by atoms with E-state index in [0.717, 1.165) is 6.16 Å². The molecular weight excluding hydrogens is 410 g/mol. The summed E-state index contributed by atoms with van der Waals surface area (Å²) in [5.74, 6) is 0. The van der Waals surface area contributed by atoms with Crippen LogP contribution in [0.2, 0.25) is 0 Å². The molecule has 0 atom stereocenters. The number of hydrogen-bond donors (Lipinski definition) is 0. The quantitative estimate of drug-likeness (QED) is 0.373. The maximum atomic E-state index is 2.52. The van der Waals surface area contributed by atoms with E-state index in [1.807, 2.05) is 0 Å². The zero-order valence-corrected chi connectivity index (χ0v) is 18.9. The molecule has 0 aromatic heterocycles. The third-order valence-electron chi connectivity index (χ3n) is 4.04. The summed E-state index contributed by atoms with van der Waals surface area (Å²) in [6.45, 7) is 6.92. The third-order valence-corrected chi connectivity index (χ3v) is 9.18. The van der Waals surface area contributed by atoms with Gasteiger partial charge in [0, 0.05) is 0 Å². The van der Waals surface area contributed by atoms with Crippen LogP contribution < -0.4 is 15.1 Å². The molecule has 0 aliphatic carbocycles. The first-order chi connectivity index (χ1) is 13.0. The summed E-state index contributed by atoms with van der Waals surface area (Å²) in [4.78, 5) is 0. The average molecular weight is 437 g/mol. The summed E-state index contributed by atoms with van der Waals surface area (Å²) >= 11 is 0.360. The Hall–Kier alpha value is -1.65. The van der Waals surface area contributed by atoms with Crippen LogP contribution >= 0.6 is 7.92 Å². The van der Waals surface area contributed by atoms with Crippen LogP contribution in [0, 0.1) is 5.41 Å². The van der Waals surface area contributed by atoms with E-state index in [0.29, 0.717) is 15.0 Å². The van der Waals surface area contributed by atoms with Gasteiger partial charge in [-0.05, 0) is 0 Å². The van der Waals surface area contributed by atoms with E-state index in [4.69, 9.17) is 0 Å². The molecule has 0 N–H and O–H groups in total. The van der Waals surface area contributed by atoms with Gasteiger partial charge in [0.25, 0.3) is 0 Å². The summed E-state index contributed by atoms with van der Waals surface area (Å²) in [6, 6.07) is 33.0. The van der Waals surface area contributed by atoms with Gasteiger partial charge in [0.05, 0.1) is 0 Å². The van der Waals surface area contributed by atoms with Crippen molar-refractivity contribution in [3.63, 3.8) is 0 Å². The average Bonchev–Trinajstić information content (AvgIpc) is 2.67. The molecule has 3 rings (SSSR count). The number of benzene rings is 3. The second-order valence-electron chi connectivity index (χ2n) is 7.65. The maximum absolute atomic E-state index is 2.52. The van der Waals surface area contributed by atoms with Gasteiger partial charge in [0.2, 0.25) is 0 Å². The Bertz CT molecular complexity index is 810. The van der Waals surface area contributed by atoms with Crippen molar-refractivity contribution < 1.29 is 0 Å². The molecular formula is C25H27PSe. The van der Waals surface area contributed by atoms with Crippen molar-refractivity contribution in [2.24, 2.45) is 5.41 Å². The molecule has 0 unspecified atom stereocenters. The van der Waals surface area contributed by atoms with E-state index in [-0.39, 0.29) is 5.41 Å². The first kappa shape index (κ1) is 20.1. The Morgan fingerprint density at radius 1 is 0.741 bits per heavy atom. The summed E-state index contributed by atoms with van der Waals surface area (Å²) in [5.41, 5.74) is 0.195. The summed E-state index contributed by atoms with van der Waals surface area (Å²) in [6.07, 6.45) is 3.65. The van der Waals surface area contributed by atoms with Gasteiger partial charge in [-0.1, -0.05) is 0 Å². The molecule has 0 saturated heterocycles. The first-order valence-electron chi connectivity index (χ1n) is 9.33. The van der Waals surface area contributed by atoms with Gasteiger partial charge in [-0.25, -0.2) is 0 Å². The fourth-order valence-electron chi connectivity index (χ4n) is 2.93. The Morgan fingerprint density at radius 3 is 1.63 bits per heavy atom. The monoisotopic (exact) mass is 438 g/mol. The van der Waals surface area contributed by atoms with Gasteiger partial charge >= 0.3 is 172 Å². The zero-order chi connectivity index (χ0) is 19.1. The zero-order valence-electron chi connectivity index (χ0n) is 16.3. The van der Waals surface area contributed by atoms with Crippen molar-refractivity contribution in [2.45, 2.75) is 20.8 Å². The molecule has 2 heteroatoms. The van der Waals surface area contributed by atoms with Crippen molar-refractivity contribution >= 4 is 37.9 Å².